The van der Waals surface area contributed by atoms with E-state index >= 15 is 0 Å². The first-order valence-electron chi connectivity index (χ1n) is 16.7. The molecule has 0 heterocycles. The fourth-order valence-corrected chi connectivity index (χ4v) is 5.87. The predicted octanol–water partition coefficient (Wildman–Crippen LogP) is 8.10. The van der Waals surface area contributed by atoms with Crippen molar-refractivity contribution in [2.45, 2.75) is 82.8 Å². The molecule has 6 heteroatoms. The molecule has 0 N–H and O–H groups in total. The summed E-state index contributed by atoms with van der Waals surface area (Å²) in [7, 11) is 0. The Labute approximate surface area is 280 Å². The summed E-state index contributed by atoms with van der Waals surface area (Å²) >= 11 is 0. The van der Waals surface area contributed by atoms with Crippen LogP contribution in [0.2, 0.25) is 0 Å². The van der Waals surface area contributed by atoms with E-state index in [-0.39, 0.29) is 0 Å². The molecule has 0 spiro atoms. The van der Waals surface area contributed by atoms with Gasteiger partial charge in [0.1, 0.15) is 36.6 Å². The van der Waals surface area contributed by atoms with Gasteiger partial charge in [-0.1, -0.05) is 141 Å². The Morgan fingerprint density at radius 1 is 0.447 bits per heavy atom. The zero-order valence-corrected chi connectivity index (χ0v) is 27.4. The van der Waals surface area contributed by atoms with E-state index in [0.717, 1.165) is 35.1 Å². The molecule has 6 atom stereocenters. The molecule has 0 aromatic heterocycles. The van der Waals surface area contributed by atoms with E-state index in [1.165, 1.54) is 0 Å². The molecule has 1 saturated carbocycles. The third-order valence-corrected chi connectivity index (χ3v) is 8.30. The standard InChI is InChI=1S/C41H48O6/c1-3-5-27-43-37-36(42-26-4-2)38(44-28-32-18-10-6-11-19-32)40(46-30-34-22-14-8-15-23-34)41(47-31-35-24-16-9-17-25-35)39(37)45-29-33-20-12-7-13-21-33/h4,6-25,36-41H,2-3,5,26-31H2,1H3/t36-,37+,38+,39+,40-,41-/m1/s1. The second-order valence-corrected chi connectivity index (χ2v) is 11.8. The van der Waals surface area contributed by atoms with Crippen molar-refractivity contribution in [3.63, 3.8) is 0 Å². The summed E-state index contributed by atoms with van der Waals surface area (Å²) in [5.41, 5.74) is 4.24. The minimum atomic E-state index is -0.538. The molecule has 6 nitrogen and oxygen atoms in total. The third kappa shape index (κ3) is 10.4. The van der Waals surface area contributed by atoms with E-state index in [1.54, 1.807) is 6.08 Å². The summed E-state index contributed by atoms with van der Waals surface area (Å²) in [5, 5.41) is 0. The Bertz CT molecular complexity index is 1400. The Hall–Kier alpha value is -3.62. The van der Waals surface area contributed by atoms with Gasteiger partial charge in [0.2, 0.25) is 0 Å². The van der Waals surface area contributed by atoms with E-state index in [9.17, 15) is 0 Å². The van der Waals surface area contributed by atoms with Gasteiger partial charge < -0.3 is 28.4 Å². The Morgan fingerprint density at radius 2 is 0.745 bits per heavy atom. The maximum Gasteiger partial charge on any atom is 0.116 e. The molecule has 248 valence electrons. The van der Waals surface area contributed by atoms with Gasteiger partial charge >= 0.3 is 0 Å². The van der Waals surface area contributed by atoms with Crippen LogP contribution in [-0.4, -0.2) is 49.8 Å². The van der Waals surface area contributed by atoms with Crippen LogP contribution in [0, 0.1) is 0 Å². The molecule has 4 aromatic rings. The average Bonchev–Trinajstić information content (AvgIpc) is 3.13. The smallest absolute Gasteiger partial charge is 0.116 e. The predicted molar refractivity (Wildman–Crippen MR) is 185 cm³/mol. The minimum Gasteiger partial charge on any atom is -0.373 e. The van der Waals surface area contributed by atoms with Crippen molar-refractivity contribution in [3.8, 4) is 0 Å². The van der Waals surface area contributed by atoms with E-state index in [0.29, 0.717) is 39.6 Å². The van der Waals surface area contributed by atoms with Crippen LogP contribution in [0.4, 0.5) is 0 Å². The fourth-order valence-electron chi connectivity index (χ4n) is 5.87. The van der Waals surface area contributed by atoms with E-state index in [2.05, 4.69) is 62.0 Å². The van der Waals surface area contributed by atoms with E-state index in [1.807, 2.05) is 72.8 Å². The highest BCUT2D eigenvalue weighted by molar-refractivity contribution is 5.17. The average molecular weight is 637 g/mol. The Morgan fingerprint density at radius 3 is 1.04 bits per heavy atom. The summed E-state index contributed by atoms with van der Waals surface area (Å²) in [5.74, 6) is 0. The molecule has 4 aromatic carbocycles. The third-order valence-electron chi connectivity index (χ3n) is 8.30. The zero-order chi connectivity index (χ0) is 32.5. The monoisotopic (exact) mass is 636 g/mol. The second-order valence-electron chi connectivity index (χ2n) is 11.8. The van der Waals surface area contributed by atoms with Crippen LogP contribution >= 0.6 is 0 Å². The number of benzene rings is 4. The van der Waals surface area contributed by atoms with Crippen LogP contribution in [0.5, 0.6) is 0 Å². The molecule has 0 unspecified atom stereocenters. The molecule has 0 amide bonds. The molecule has 1 aliphatic carbocycles. The summed E-state index contributed by atoms with van der Waals surface area (Å²) < 4.78 is 40.6. The second kappa shape index (κ2) is 19.3. The molecular weight excluding hydrogens is 588 g/mol. The van der Waals surface area contributed by atoms with Gasteiger partial charge in [0.05, 0.1) is 33.0 Å². The highest BCUT2D eigenvalue weighted by atomic mass is 16.6. The first-order valence-corrected chi connectivity index (χ1v) is 16.7. The van der Waals surface area contributed by atoms with Gasteiger partial charge in [-0.25, -0.2) is 0 Å². The topological polar surface area (TPSA) is 55.4 Å². The normalized spacial score (nSPS) is 22.6. The maximum absolute atomic E-state index is 6.86. The van der Waals surface area contributed by atoms with Crippen molar-refractivity contribution in [2.24, 2.45) is 0 Å². The quantitative estimate of drug-likeness (QED) is 0.0766. The summed E-state index contributed by atoms with van der Waals surface area (Å²) in [6, 6.07) is 40.7. The largest absolute Gasteiger partial charge is 0.373 e. The summed E-state index contributed by atoms with van der Waals surface area (Å²) in [6.07, 6.45) is 0.582. The SMILES string of the molecule is C=CCO[C@@H]1[C@H](OCCCC)[C@H](OCc2ccccc2)[C@@H](OCc2ccccc2)[C@H](OCc2ccccc2)[C@H]1OCc1ccccc1. The molecule has 0 radical (unpaired) electrons. The lowest BCUT2D eigenvalue weighted by Crippen LogP contribution is -2.67. The Kier molecular flexibility index (Phi) is 14.2. The minimum absolute atomic E-state index is 0.329. The van der Waals surface area contributed by atoms with Crippen molar-refractivity contribution in [2.75, 3.05) is 13.2 Å². The first kappa shape index (κ1) is 34.7. The van der Waals surface area contributed by atoms with Gasteiger partial charge in [0.15, 0.2) is 0 Å². The van der Waals surface area contributed by atoms with Crippen molar-refractivity contribution in [1.29, 1.82) is 0 Å². The lowest BCUT2D eigenvalue weighted by Gasteiger charge is -2.49. The van der Waals surface area contributed by atoms with Crippen LogP contribution in [0.15, 0.2) is 134 Å². The fraction of sp³-hybridized carbons (Fsp3) is 0.366. The van der Waals surface area contributed by atoms with Gasteiger partial charge in [-0.3, -0.25) is 0 Å². The lowest BCUT2D eigenvalue weighted by molar-refractivity contribution is -0.287. The number of unbranched alkanes of at least 4 members (excludes halogenated alkanes) is 1. The van der Waals surface area contributed by atoms with Gasteiger partial charge in [0, 0.05) is 6.61 Å². The number of ether oxygens (including phenoxy) is 6. The number of rotatable bonds is 19. The van der Waals surface area contributed by atoms with Crippen LogP contribution in [0.1, 0.15) is 42.0 Å². The molecular formula is C41H48O6. The summed E-state index contributed by atoms with van der Waals surface area (Å²) in [4.78, 5) is 0. The van der Waals surface area contributed by atoms with Crippen LogP contribution in [0.25, 0.3) is 0 Å². The van der Waals surface area contributed by atoms with Crippen LogP contribution < -0.4 is 0 Å². The van der Waals surface area contributed by atoms with Gasteiger partial charge in [0.25, 0.3) is 0 Å². The first-order chi connectivity index (χ1) is 23.3. The highest BCUT2D eigenvalue weighted by Gasteiger charge is 2.55. The van der Waals surface area contributed by atoms with Crippen LogP contribution in [0.3, 0.4) is 0 Å². The van der Waals surface area contributed by atoms with Crippen molar-refractivity contribution >= 4 is 0 Å². The van der Waals surface area contributed by atoms with E-state index < -0.39 is 36.6 Å². The highest BCUT2D eigenvalue weighted by Crippen LogP contribution is 2.36. The van der Waals surface area contributed by atoms with Gasteiger partial charge in [-0.05, 0) is 28.7 Å². The van der Waals surface area contributed by atoms with Gasteiger partial charge in [-0.2, -0.15) is 0 Å². The van der Waals surface area contributed by atoms with Crippen molar-refractivity contribution in [3.05, 3.63) is 156 Å². The molecule has 47 heavy (non-hydrogen) atoms. The molecule has 0 saturated heterocycles. The molecule has 5 rings (SSSR count). The molecule has 1 fully saturated rings. The molecule has 1 aliphatic rings. The zero-order valence-electron chi connectivity index (χ0n) is 27.4. The maximum atomic E-state index is 6.86. The Balaban J connectivity index is 1.54. The lowest BCUT2D eigenvalue weighted by atomic mass is 9.83. The van der Waals surface area contributed by atoms with E-state index in [4.69, 9.17) is 28.4 Å². The van der Waals surface area contributed by atoms with Crippen molar-refractivity contribution in [1.82, 2.24) is 0 Å². The van der Waals surface area contributed by atoms with Crippen LogP contribution in [-0.2, 0) is 54.8 Å². The number of hydrogen-bond acceptors (Lipinski definition) is 6. The molecule has 0 aliphatic heterocycles. The van der Waals surface area contributed by atoms with Gasteiger partial charge in [-0.15, -0.1) is 6.58 Å². The summed E-state index contributed by atoms with van der Waals surface area (Å²) in [6.45, 7) is 8.52. The molecule has 0 bridgehead atoms. The number of hydrogen-bond donors (Lipinski definition) is 0. The van der Waals surface area contributed by atoms with Crippen molar-refractivity contribution < 1.29 is 28.4 Å².